The number of ether oxygens (including phenoxy) is 1. The summed E-state index contributed by atoms with van der Waals surface area (Å²) in [5.41, 5.74) is 5.72. The number of amides is 1. The van der Waals surface area contributed by atoms with Crippen LogP contribution in [0.15, 0.2) is 6.33 Å². The van der Waals surface area contributed by atoms with E-state index < -0.39 is 0 Å². The molecule has 1 aliphatic heterocycles. The number of nitrogens with two attached hydrogens (primary N) is 1. The fourth-order valence-corrected chi connectivity index (χ4v) is 2.45. The molecule has 8 heteroatoms. The van der Waals surface area contributed by atoms with Gasteiger partial charge in [-0.25, -0.2) is 14.8 Å². The summed E-state index contributed by atoms with van der Waals surface area (Å²) in [7, 11) is 0. The molecule has 0 unspecified atom stereocenters. The molecule has 22 heavy (non-hydrogen) atoms. The van der Waals surface area contributed by atoms with Crippen molar-refractivity contribution in [2.75, 3.05) is 43.4 Å². The predicted octanol–water partition coefficient (Wildman–Crippen LogP) is 2.02. The van der Waals surface area contributed by atoms with Crippen LogP contribution in [-0.2, 0) is 4.74 Å². The molecule has 0 radical (unpaired) electrons. The highest BCUT2D eigenvalue weighted by Gasteiger charge is 2.22. The third-order valence-corrected chi connectivity index (χ3v) is 3.75. The summed E-state index contributed by atoms with van der Waals surface area (Å²) in [6.45, 7) is 7.07. The Morgan fingerprint density at radius 1 is 1.36 bits per heavy atom. The highest BCUT2D eigenvalue weighted by Crippen LogP contribution is 2.27. The van der Waals surface area contributed by atoms with Gasteiger partial charge in [0.05, 0.1) is 6.61 Å². The third kappa shape index (κ3) is 4.13. The molecule has 1 saturated heterocycles. The van der Waals surface area contributed by atoms with Crippen molar-refractivity contribution in [3.8, 4) is 0 Å². The summed E-state index contributed by atoms with van der Waals surface area (Å²) >= 11 is 6.17. The van der Waals surface area contributed by atoms with E-state index in [2.05, 4.69) is 9.97 Å². The lowest BCUT2D eigenvalue weighted by molar-refractivity contribution is 0.0943. The van der Waals surface area contributed by atoms with Gasteiger partial charge in [0.25, 0.3) is 0 Å². The molecule has 2 N–H and O–H groups in total. The lowest BCUT2D eigenvalue weighted by Crippen LogP contribution is -2.36. The zero-order valence-electron chi connectivity index (χ0n) is 13.0. The minimum atomic E-state index is -0.260. The molecule has 0 aliphatic carbocycles. The van der Waals surface area contributed by atoms with E-state index >= 15 is 0 Å². The second-order valence-corrected chi connectivity index (χ2v) is 6.07. The summed E-state index contributed by atoms with van der Waals surface area (Å²) < 4.78 is 5.28. The number of nitrogens with zero attached hydrogens (tertiary/aromatic N) is 4. The molecule has 1 aromatic rings. The van der Waals surface area contributed by atoms with Crippen molar-refractivity contribution in [3.05, 3.63) is 11.3 Å². The van der Waals surface area contributed by atoms with Crippen LogP contribution in [0.1, 0.15) is 20.3 Å². The van der Waals surface area contributed by atoms with Crippen LogP contribution in [0.2, 0.25) is 5.02 Å². The topological polar surface area (TPSA) is 84.6 Å². The van der Waals surface area contributed by atoms with Crippen LogP contribution < -0.4 is 10.6 Å². The van der Waals surface area contributed by atoms with Gasteiger partial charge in [0.15, 0.2) is 5.82 Å². The van der Waals surface area contributed by atoms with Gasteiger partial charge in [-0.15, -0.1) is 0 Å². The Morgan fingerprint density at radius 3 is 2.86 bits per heavy atom. The normalized spacial score (nSPS) is 15.8. The van der Waals surface area contributed by atoms with Crippen molar-refractivity contribution < 1.29 is 9.53 Å². The Labute approximate surface area is 135 Å². The minimum absolute atomic E-state index is 0.260. The predicted molar refractivity (Wildman–Crippen MR) is 86.0 cm³/mol. The van der Waals surface area contributed by atoms with E-state index in [9.17, 15) is 4.79 Å². The number of anilines is 2. The molecule has 0 aromatic carbocycles. The first kappa shape index (κ1) is 16.6. The summed E-state index contributed by atoms with van der Waals surface area (Å²) in [6, 6.07) is 0. The fraction of sp³-hybridized carbons (Fsp3) is 0.643. The molecule has 2 rings (SSSR count). The van der Waals surface area contributed by atoms with E-state index in [0.29, 0.717) is 43.0 Å². The highest BCUT2D eigenvalue weighted by atomic mass is 35.5. The third-order valence-electron chi connectivity index (χ3n) is 3.39. The Kier molecular flexibility index (Phi) is 5.65. The van der Waals surface area contributed by atoms with Crippen molar-refractivity contribution in [2.45, 2.75) is 20.3 Å². The molecule has 122 valence electrons. The maximum absolute atomic E-state index is 12.0. The van der Waals surface area contributed by atoms with Crippen molar-refractivity contribution in [1.82, 2.24) is 14.9 Å². The second-order valence-electron chi connectivity index (χ2n) is 5.69. The SMILES string of the molecule is CC(C)COC(=O)N1CCCN(c2ncnc(N)c2Cl)CC1. The molecule has 2 heterocycles. The summed E-state index contributed by atoms with van der Waals surface area (Å²) in [6.07, 6.45) is 1.96. The van der Waals surface area contributed by atoms with Gasteiger partial charge in [-0.05, 0) is 12.3 Å². The van der Waals surface area contributed by atoms with E-state index in [-0.39, 0.29) is 11.9 Å². The Bertz CT molecular complexity index is 526. The number of carbonyl (C=O) groups excluding carboxylic acids is 1. The largest absolute Gasteiger partial charge is 0.449 e. The lowest BCUT2D eigenvalue weighted by atomic mass is 10.2. The van der Waals surface area contributed by atoms with Crippen molar-refractivity contribution >= 4 is 29.3 Å². The number of halogens is 1. The molecule has 1 aliphatic rings. The quantitative estimate of drug-likeness (QED) is 0.914. The van der Waals surface area contributed by atoms with Gasteiger partial charge in [0, 0.05) is 26.2 Å². The molecule has 0 bridgehead atoms. The van der Waals surface area contributed by atoms with Crippen LogP contribution in [0.4, 0.5) is 16.4 Å². The average Bonchev–Trinajstić information content (AvgIpc) is 2.73. The molecular weight excluding hydrogens is 306 g/mol. The smallest absolute Gasteiger partial charge is 0.409 e. The zero-order chi connectivity index (χ0) is 16.1. The second kappa shape index (κ2) is 7.49. The van der Waals surface area contributed by atoms with E-state index in [1.54, 1.807) is 4.90 Å². The van der Waals surface area contributed by atoms with Gasteiger partial charge in [0.2, 0.25) is 0 Å². The average molecular weight is 328 g/mol. The van der Waals surface area contributed by atoms with E-state index in [0.717, 1.165) is 13.0 Å². The first-order valence-corrected chi connectivity index (χ1v) is 7.79. The first-order chi connectivity index (χ1) is 10.5. The maximum Gasteiger partial charge on any atom is 0.409 e. The standard InChI is InChI=1S/C14H22ClN5O2/c1-10(2)8-22-14(21)20-5-3-4-19(6-7-20)13-11(15)12(16)17-9-18-13/h9-10H,3-8H2,1-2H3,(H2,16,17,18). The van der Waals surface area contributed by atoms with E-state index in [1.165, 1.54) is 6.33 Å². The van der Waals surface area contributed by atoms with E-state index in [4.69, 9.17) is 22.1 Å². The minimum Gasteiger partial charge on any atom is -0.449 e. The van der Waals surface area contributed by atoms with Gasteiger partial charge < -0.3 is 20.3 Å². The van der Waals surface area contributed by atoms with Crippen LogP contribution in [0, 0.1) is 5.92 Å². The molecule has 1 amide bonds. The Balaban J connectivity index is 1.98. The van der Waals surface area contributed by atoms with Gasteiger partial charge in [-0.3, -0.25) is 0 Å². The summed E-state index contributed by atoms with van der Waals surface area (Å²) in [5.74, 6) is 1.21. The van der Waals surface area contributed by atoms with Crippen molar-refractivity contribution in [2.24, 2.45) is 5.92 Å². The number of rotatable bonds is 3. The Hall–Kier alpha value is -1.76. The lowest BCUT2D eigenvalue weighted by Gasteiger charge is -2.23. The van der Waals surface area contributed by atoms with Crippen LogP contribution in [0.3, 0.4) is 0 Å². The summed E-state index contributed by atoms with van der Waals surface area (Å²) in [5, 5.41) is 0.360. The van der Waals surface area contributed by atoms with Crippen molar-refractivity contribution in [3.63, 3.8) is 0 Å². The molecule has 1 fully saturated rings. The van der Waals surface area contributed by atoms with Crippen LogP contribution in [0.25, 0.3) is 0 Å². The zero-order valence-corrected chi connectivity index (χ0v) is 13.7. The van der Waals surface area contributed by atoms with Gasteiger partial charge in [-0.1, -0.05) is 25.4 Å². The van der Waals surface area contributed by atoms with Gasteiger partial charge in [-0.2, -0.15) is 0 Å². The van der Waals surface area contributed by atoms with Gasteiger partial charge >= 0.3 is 6.09 Å². The van der Waals surface area contributed by atoms with Crippen LogP contribution >= 0.6 is 11.6 Å². The number of aromatic nitrogens is 2. The molecule has 0 saturated carbocycles. The molecule has 1 aromatic heterocycles. The number of hydrogen-bond donors (Lipinski definition) is 1. The molecule has 0 atom stereocenters. The Morgan fingerprint density at radius 2 is 2.14 bits per heavy atom. The maximum atomic E-state index is 12.0. The number of nitrogen functional groups attached to an aromatic ring is 1. The number of carbonyl (C=O) groups is 1. The first-order valence-electron chi connectivity index (χ1n) is 7.41. The monoisotopic (exact) mass is 327 g/mol. The summed E-state index contributed by atoms with van der Waals surface area (Å²) in [4.78, 5) is 23.8. The highest BCUT2D eigenvalue weighted by molar-refractivity contribution is 6.35. The molecular formula is C14H22ClN5O2. The van der Waals surface area contributed by atoms with Crippen LogP contribution in [-0.4, -0.2) is 53.7 Å². The molecule has 7 nitrogen and oxygen atoms in total. The van der Waals surface area contributed by atoms with Crippen molar-refractivity contribution in [1.29, 1.82) is 0 Å². The number of hydrogen-bond acceptors (Lipinski definition) is 6. The fourth-order valence-electron chi connectivity index (χ4n) is 2.24. The van der Waals surface area contributed by atoms with Gasteiger partial charge in [0.1, 0.15) is 17.2 Å². The van der Waals surface area contributed by atoms with E-state index in [1.807, 2.05) is 18.7 Å². The van der Waals surface area contributed by atoms with Crippen LogP contribution in [0.5, 0.6) is 0 Å². The molecule has 0 spiro atoms.